The normalized spacial score (nSPS) is 11.4. The second-order valence-electron chi connectivity index (χ2n) is 3.33. The first-order chi connectivity index (χ1) is 7.74. The molecule has 0 unspecified atom stereocenters. The topological polar surface area (TPSA) is 67.8 Å². The number of amidine groups is 1. The van der Waals surface area contributed by atoms with E-state index >= 15 is 0 Å². The van der Waals surface area contributed by atoms with Gasteiger partial charge in [0.05, 0.1) is 6.61 Å². The third-order valence-electron chi connectivity index (χ3n) is 2.05. The number of unbranched alkanes of at least 4 members (excludes halogenated alkanes) is 1. The number of rotatable bonds is 6. The van der Waals surface area contributed by atoms with Gasteiger partial charge < -0.3 is 15.7 Å². The van der Waals surface area contributed by atoms with Crippen LogP contribution >= 0.6 is 0 Å². The molecule has 88 valence electrons. The molecule has 0 fully saturated rings. The number of ether oxygens (including phenoxy) is 1. The van der Waals surface area contributed by atoms with Crippen LogP contribution in [0.1, 0.15) is 19.3 Å². The van der Waals surface area contributed by atoms with Crippen LogP contribution in [-0.2, 0) is 0 Å². The molecule has 1 aromatic carbocycles. The smallest absolute Gasteiger partial charge is 0.165 e. The first kappa shape index (κ1) is 12.3. The third kappa shape index (κ3) is 4.16. The molecule has 16 heavy (non-hydrogen) atoms. The molecule has 0 aliphatic rings. The van der Waals surface area contributed by atoms with E-state index < -0.39 is 0 Å². The highest BCUT2D eigenvalue weighted by molar-refractivity contribution is 5.79. The van der Waals surface area contributed by atoms with Crippen LogP contribution in [0.2, 0.25) is 0 Å². The van der Waals surface area contributed by atoms with Crippen molar-refractivity contribution in [1.29, 1.82) is 0 Å². The summed E-state index contributed by atoms with van der Waals surface area (Å²) >= 11 is 0. The SMILES string of the molecule is N/C(CCCCOc1ccccc1F)=N/O. The van der Waals surface area contributed by atoms with Crippen molar-refractivity contribution in [1.82, 2.24) is 0 Å². The molecule has 1 aromatic rings. The van der Waals surface area contributed by atoms with Crippen molar-refractivity contribution in [3.63, 3.8) is 0 Å². The zero-order valence-corrected chi connectivity index (χ0v) is 8.90. The van der Waals surface area contributed by atoms with Gasteiger partial charge >= 0.3 is 0 Å². The van der Waals surface area contributed by atoms with Crippen LogP contribution in [0.5, 0.6) is 5.75 Å². The minimum atomic E-state index is -0.362. The van der Waals surface area contributed by atoms with Gasteiger partial charge in [-0.25, -0.2) is 4.39 Å². The molecular weight excluding hydrogens is 211 g/mol. The molecule has 0 aliphatic carbocycles. The van der Waals surface area contributed by atoms with Crippen LogP contribution in [0.3, 0.4) is 0 Å². The molecule has 0 aromatic heterocycles. The zero-order valence-electron chi connectivity index (χ0n) is 8.90. The summed E-state index contributed by atoms with van der Waals surface area (Å²) in [4.78, 5) is 0. The zero-order chi connectivity index (χ0) is 11.8. The van der Waals surface area contributed by atoms with Gasteiger partial charge in [-0.05, 0) is 25.0 Å². The molecule has 4 nitrogen and oxygen atoms in total. The predicted molar refractivity (Wildman–Crippen MR) is 59.2 cm³/mol. The summed E-state index contributed by atoms with van der Waals surface area (Å²) in [6, 6.07) is 6.26. The molecule has 0 bridgehead atoms. The van der Waals surface area contributed by atoms with Crippen molar-refractivity contribution in [3.8, 4) is 5.75 Å². The van der Waals surface area contributed by atoms with Gasteiger partial charge in [0, 0.05) is 6.42 Å². The molecule has 3 N–H and O–H groups in total. The standard InChI is InChI=1S/C11H15FN2O2/c12-9-5-1-2-6-10(9)16-8-4-3-7-11(13)14-15/h1-2,5-6,15H,3-4,7-8H2,(H2,13,14). The van der Waals surface area contributed by atoms with Crippen LogP contribution < -0.4 is 10.5 Å². The fourth-order valence-corrected chi connectivity index (χ4v) is 1.20. The lowest BCUT2D eigenvalue weighted by Crippen LogP contribution is -2.11. The second kappa shape index (κ2) is 6.66. The van der Waals surface area contributed by atoms with Gasteiger partial charge in [0.15, 0.2) is 11.6 Å². The molecule has 0 atom stereocenters. The first-order valence-electron chi connectivity index (χ1n) is 5.07. The predicted octanol–water partition coefficient (Wildman–Crippen LogP) is 2.12. The maximum Gasteiger partial charge on any atom is 0.165 e. The Morgan fingerprint density at radius 2 is 2.12 bits per heavy atom. The Hall–Kier alpha value is -1.78. The second-order valence-corrected chi connectivity index (χ2v) is 3.33. The van der Waals surface area contributed by atoms with E-state index in [0.29, 0.717) is 13.0 Å². The average Bonchev–Trinajstić information content (AvgIpc) is 2.30. The molecule has 0 amide bonds. The van der Waals surface area contributed by atoms with E-state index in [-0.39, 0.29) is 17.4 Å². The quantitative estimate of drug-likeness (QED) is 0.257. The lowest BCUT2D eigenvalue weighted by molar-refractivity contribution is 0.291. The van der Waals surface area contributed by atoms with E-state index in [9.17, 15) is 4.39 Å². The van der Waals surface area contributed by atoms with Gasteiger partial charge in [-0.15, -0.1) is 0 Å². The number of oxime groups is 1. The Bertz CT molecular complexity index is 356. The van der Waals surface area contributed by atoms with Crippen LogP contribution in [-0.4, -0.2) is 17.6 Å². The van der Waals surface area contributed by atoms with Crippen LogP contribution in [0.15, 0.2) is 29.4 Å². The summed E-state index contributed by atoms with van der Waals surface area (Å²) in [6.07, 6.45) is 1.98. The number of halogens is 1. The molecule has 5 heteroatoms. The van der Waals surface area contributed by atoms with Crippen LogP contribution in [0.25, 0.3) is 0 Å². The van der Waals surface area contributed by atoms with Crippen LogP contribution in [0.4, 0.5) is 4.39 Å². The van der Waals surface area contributed by atoms with Gasteiger partial charge in [-0.3, -0.25) is 0 Å². The summed E-state index contributed by atoms with van der Waals surface area (Å²) in [5, 5.41) is 11.1. The molecule has 0 spiro atoms. The molecule has 1 rings (SSSR count). The highest BCUT2D eigenvalue weighted by Crippen LogP contribution is 2.15. The van der Waals surface area contributed by atoms with Gasteiger partial charge in [-0.2, -0.15) is 0 Å². The van der Waals surface area contributed by atoms with Crippen molar-refractivity contribution in [3.05, 3.63) is 30.1 Å². The van der Waals surface area contributed by atoms with E-state index in [2.05, 4.69) is 5.16 Å². The monoisotopic (exact) mass is 226 g/mol. The van der Waals surface area contributed by atoms with Gasteiger partial charge in [-0.1, -0.05) is 17.3 Å². The molecule has 0 saturated carbocycles. The maximum absolute atomic E-state index is 13.1. The van der Waals surface area contributed by atoms with E-state index in [1.807, 2.05) is 0 Å². The fourth-order valence-electron chi connectivity index (χ4n) is 1.20. The Balaban J connectivity index is 2.19. The minimum Gasteiger partial charge on any atom is -0.491 e. The lowest BCUT2D eigenvalue weighted by atomic mass is 10.2. The third-order valence-corrected chi connectivity index (χ3v) is 2.05. The van der Waals surface area contributed by atoms with Crippen molar-refractivity contribution in [2.24, 2.45) is 10.9 Å². The summed E-state index contributed by atoms with van der Waals surface area (Å²) < 4.78 is 18.3. The highest BCUT2D eigenvalue weighted by atomic mass is 19.1. The molecular formula is C11H15FN2O2. The Labute approximate surface area is 93.5 Å². The fraction of sp³-hybridized carbons (Fsp3) is 0.364. The van der Waals surface area contributed by atoms with Crippen molar-refractivity contribution in [2.75, 3.05) is 6.61 Å². The van der Waals surface area contributed by atoms with E-state index in [1.165, 1.54) is 6.07 Å². The van der Waals surface area contributed by atoms with E-state index in [0.717, 1.165) is 12.8 Å². The van der Waals surface area contributed by atoms with E-state index in [1.54, 1.807) is 18.2 Å². The molecule has 0 radical (unpaired) electrons. The summed E-state index contributed by atoms with van der Waals surface area (Å²) in [7, 11) is 0. The summed E-state index contributed by atoms with van der Waals surface area (Å²) in [5.74, 6) is 0.0936. The number of hydrogen-bond acceptors (Lipinski definition) is 3. The average molecular weight is 226 g/mol. The Morgan fingerprint density at radius 1 is 1.38 bits per heavy atom. The van der Waals surface area contributed by atoms with Crippen molar-refractivity contribution >= 4 is 5.84 Å². The number of para-hydroxylation sites is 1. The van der Waals surface area contributed by atoms with Crippen molar-refractivity contribution < 1.29 is 14.3 Å². The highest BCUT2D eigenvalue weighted by Gasteiger charge is 2.00. The maximum atomic E-state index is 13.1. The van der Waals surface area contributed by atoms with Crippen LogP contribution in [0, 0.1) is 5.82 Å². The minimum absolute atomic E-state index is 0.200. The molecule has 0 aliphatic heterocycles. The lowest BCUT2D eigenvalue weighted by Gasteiger charge is -2.06. The summed E-state index contributed by atoms with van der Waals surface area (Å²) in [5.41, 5.74) is 5.29. The largest absolute Gasteiger partial charge is 0.491 e. The molecule has 0 heterocycles. The van der Waals surface area contributed by atoms with Gasteiger partial charge in [0.2, 0.25) is 0 Å². The number of nitrogens with two attached hydrogens (primary N) is 1. The Morgan fingerprint density at radius 3 is 2.81 bits per heavy atom. The first-order valence-corrected chi connectivity index (χ1v) is 5.07. The number of nitrogens with zero attached hydrogens (tertiary/aromatic N) is 1. The van der Waals surface area contributed by atoms with Crippen molar-refractivity contribution in [2.45, 2.75) is 19.3 Å². The van der Waals surface area contributed by atoms with E-state index in [4.69, 9.17) is 15.7 Å². The molecule has 0 saturated heterocycles. The number of benzene rings is 1. The number of hydrogen-bond donors (Lipinski definition) is 2. The summed E-state index contributed by atoms with van der Waals surface area (Å²) in [6.45, 7) is 0.416. The Kier molecular flexibility index (Phi) is 5.11. The van der Waals surface area contributed by atoms with Gasteiger partial charge in [0.1, 0.15) is 5.84 Å². The van der Waals surface area contributed by atoms with Gasteiger partial charge in [0.25, 0.3) is 0 Å².